The number of halogens is 2. The highest BCUT2D eigenvalue weighted by Gasteiger charge is 2.27. The highest BCUT2D eigenvalue weighted by atomic mass is 35.7. The minimum absolute atomic E-state index is 0.00901. The topological polar surface area (TPSA) is 61.2 Å². The predicted octanol–water partition coefficient (Wildman–Crippen LogP) is 2.58. The molecule has 0 saturated heterocycles. The van der Waals surface area contributed by atoms with Gasteiger partial charge in [-0.25, -0.2) is 13.1 Å². The summed E-state index contributed by atoms with van der Waals surface area (Å²) in [5, 5.41) is 4.16. The predicted molar refractivity (Wildman–Crippen MR) is 66.0 cm³/mol. The van der Waals surface area contributed by atoms with Gasteiger partial charge in [-0.05, 0) is 13.3 Å². The van der Waals surface area contributed by atoms with E-state index in [1.165, 1.54) is 11.8 Å². The zero-order chi connectivity index (χ0) is 13.2. The molecule has 0 aliphatic carbocycles. The highest BCUT2D eigenvalue weighted by Crippen LogP contribution is 2.31. The monoisotopic (exact) mass is 300 g/mol. The largest absolute Gasteiger partial charge is 0.378 e. The Labute approximate surface area is 110 Å². The van der Waals surface area contributed by atoms with Crippen molar-refractivity contribution in [2.45, 2.75) is 37.8 Å². The number of hydrogen-bond acceptors (Lipinski definition) is 4. The fourth-order valence-corrected chi connectivity index (χ4v) is 3.28. The summed E-state index contributed by atoms with van der Waals surface area (Å²) in [7, 11) is 2.86. The van der Waals surface area contributed by atoms with Crippen molar-refractivity contribution in [1.82, 2.24) is 9.78 Å². The van der Waals surface area contributed by atoms with Crippen LogP contribution in [0.3, 0.4) is 0 Å². The maximum Gasteiger partial charge on any atom is 0.266 e. The van der Waals surface area contributed by atoms with E-state index in [0.29, 0.717) is 0 Å². The SMILES string of the molecule is CCC(C)n1nc(COC)c(S(=O)(=O)Cl)c1Cl. The lowest BCUT2D eigenvalue weighted by atomic mass is 10.3. The fraction of sp³-hybridized carbons (Fsp3) is 0.667. The Kier molecular flexibility index (Phi) is 4.83. The van der Waals surface area contributed by atoms with Gasteiger partial charge in [0.1, 0.15) is 15.7 Å². The lowest BCUT2D eigenvalue weighted by molar-refractivity contribution is 0.178. The van der Waals surface area contributed by atoms with E-state index in [1.807, 2.05) is 13.8 Å². The summed E-state index contributed by atoms with van der Waals surface area (Å²) >= 11 is 6.00. The number of rotatable bonds is 5. The average molecular weight is 301 g/mol. The van der Waals surface area contributed by atoms with Crippen LogP contribution < -0.4 is 0 Å². The van der Waals surface area contributed by atoms with Crippen molar-refractivity contribution >= 4 is 31.3 Å². The zero-order valence-electron chi connectivity index (χ0n) is 9.77. The molecule has 17 heavy (non-hydrogen) atoms. The lowest BCUT2D eigenvalue weighted by Gasteiger charge is -2.09. The van der Waals surface area contributed by atoms with Crippen LogP contribution in [0.5, 0.6) is 0 Å². The Morgan fingerprint density at radius 1 is 1.53 bits per heavy atom. The van der Waals surface area contributed by atoms with Gasteiger partial charge in [-0.1, -0.05) is 18.5 Å². The molecule has 0 spiro atoms. The van der Waals surface area contributed by atoms with Crippen molar-refractivity contribution in [3.05, 3.63) is 10.8 Å². The summed E-state index contributed by atoms with van der Waals surface area (Å²) in [5.74, 6) is 0. The molecule has 0 fully saturated rings. The number of methoxy groups -OCH3 is 1. The molecule has 0 saturated carbocycles. The third-order valence-corrected chi connectivity index (χ3v) is 4.27. The second kappa shape index (κ2) is 5.56. The molecule has 98 valence electrons. The molecule has 0 aliphatic heterocycles. The second-order valence-electron chi connectivity index (χ2n) is 3.64. The molecule has 8 heteroatoms. The first kappa shape index (κ1) is 14.8. The second-order valence-corrected chi connectivity index (χ2v) is 6.50. The quantitative estimate of drug-likeness (QED) is 0.784. The molecule has 1 rings (SSSR count). The molecule has 1 heterocycles. The van der Waals surface area contributed by atoms with E-state index in [2.05, 4.69) is 5.10 Å². The van der Waals surface area contributed by atoms with E-state index in [0.717, 1.165) is 6.42 Å². The molecular weight excluding hydrogens is 287 g/mol. The lowest BCUT2D eigenvalue weighted by Crippen LogP contribution is -2.06. The molecule has 0 N–H and O–H groups in total. The van der Waals surface area contributed by atoms with Crippen LogP contribution in [0.4, 0.5) is 0 Å². The van der Waals surface area contributed by atoms with E-state index in [-0.39, 0.29) is 28.4 Å². The summed E-state index contributed by atoms with van der Waals surface area (Å²) in [6.45, 7) is 3.89. The van der Waals surface area contributed by atoms with Crippen molar-refractivity contribution in [3.8, 4) is 0 Å². The smallest absolute Gasteiger partial charge is 0.266 e. The third kappa shape index (κ3) is 3.13. The minimum atomic E-state index is -3.93. The highest BCUT2D eigenvalue weighted by molar-refractivity contribution is 8.13. The molecule has 0 radical (unpaired) electrons. The van der Waals surface area contributed by atoms with Gasteiger partial charge in [0.2, 0.25) is 0 Å². The minimum Gasteiger partial charge on any atom is -0.378 e. The maximum atomic E-state index is 11.4. The normalized spacial score (nSPS) is 13.9. The van der Waals surface area contributed by atoms with Gasteiger partial charge in [0, 0.05) is 17.8 Å². The molecule has 0 aromatic carbocycles. The molecule has 0 amide bonds. The molecule has 1 atom stereocenters. The Morgan fingerprint density at radius 3 is 2.53 bits per heavy atom. The van der Waals surface area contributed by atoms with Crippen molar-refractivity contribution in [2.24, 2.45) is 0 Å². The Morgan fingerprint density at radius 2 is 2.12 bits per heavy atom. The van der Waals surface area contributed by atoms with E-state index in [1.54, 1.807) is 0 Å². The van der Waals surface area contributed by atoms with Gasteiger partial charge in [-0.15, -0.1) is 0 Å². The van der Waals surface area contributed by atoms with Crippen LogP contribution in [0.1, 0.15) is 32.0 Å². The van der Waals surface area contributed by atoms with Gasteiger partial charge in [0.15, 0.2) is 0 Å². The van der Waals surface area contributed by atoms with Crippen LogP contribution in [-0.4, -0.2) is 25.3 Å². The van der Waals surface area contributed by atoms with Crippen LogP contribution >= 0.6 is 22.3 Å². The van der Waals surface area contributed by atoms with Crippen molar-refractivity contribution in [1.29, 1.82) is 0 Å². The summed E-state index contributed by atoms with van der Waals surface area (Å²) in [6.07, 6.45) is 0.773. The van der Waals surface area contributed by atoms with Crippen LogP contribution in [0, 0.1) is 0 Å². The first-order chi connectivity index (χ1) is 7.82. The fourth-order valence-electron chi connectivity index (χ4n) is 1.38. The Hall–Kier alpha value is -0.300. The Balaban J connectivity index is 3.41. The van der Waals surface area contributed by atoms with Crippen LogP contribution in [-0.2, 0) is 20.4 Å². The molecule has 0 aliphatic rings. The third-order valence-electron chi connectivity index (χ3n) is 2.41. The molecule has 1 unspecified atom stereocenters. The van der Waals surface area contributed by atoms with Gasteiger partial charge in [0.25, 0.3) is 9.05 Å². The first-order valence-corrected chi connectivity index (χ1v) is 7.72. The zero-order valence-corrected chi connectivity index (χ0v) is 12.1. The van der Waals surface area contributed by atoms with Gasteiger partial charge in [0.05, 0.1) is 12.6 Å². The summed E-state index contributed by atoms with van der Waals surface area (Å²) in [5.41, 5.74) is 0.229. The van der Waals surface area contributed by atoms with Gasteiger partial charge in [-0.3, -0.25) is 0 Å². The van der Waals surface area contributed by atoms with Crippen LogP contribution in [0.2, 0.25) is 5.15 Å². The van der Waals surface area contributed by atoms with E-state index in [4.69, 9.17) is 27.0 Å². The molecule has 5 nitrogen and oxygen atoms in total. The van der Waals surface area contributed by atoms with Crippen LogP contribution in [0.15, 0.2) is 4.90 Å². The molecule has 0 bridgehead atoms. The first-order valence-electron chi connectivity index (χ1n) is 5.03. The number of aromatic nitrogens is 2. The summed E-state index contributed by atoms with van der Waals surface area (Å²) < 4.78 is 29.2. The number of nitrogens with zero attached hydrogens (tertiary/aromatic N) is 2. The summed E-state index contributed by atoms with van der Waals surface area (Å²) in [4.78, 5) is -0.164. The van der Waals surface area contributed by atoms with Gasteiger partial charge >= 0.3 is 0 Å². The van der Waals surface area contributed by atoms with Crippen molar-refractivity contribution in [3.63, 3.8) is 0 Å². The van der Waals surface area contributed by atoms with Crippen molar-refractivity contribution in [2.75, 3.05) is 7.11 Å². The number of hydrogen-bond donors (Lipinski definition) is 0. The molecule has 1 aromatic rings. The summed E-state index contributed by atoms with van der Waals surface area (Å²) in [6, 6.07) is -0.00901. The van der Waals surface area contributed by atoms with Crippen molar-refractivity contribution < 1.29 is 13.2 Å². The maximum absolute atomic E-state index is 11.4. The van der Waals surface area contributed by atoms with Gasteiger partial charge in [-0.2, -0.15) is 5.10 Å². The standard InChI is InChI=1S/C9H14Cl2N2O3S/c1-4-6(2)13-9(10)8(17(11,14)15)7(12-13)5-16-3/h6H,4-5H2,1-3H3. The molecule has 1 aromatic heterocycles. The number of ether oxygens (including phenoxy) is 1. The average Bonchev–Trinajstić information content (AvgIpc) is 2.54. The van der Waals surface area contributed by atoms with E-state index >= 15 is 0 Å². The van der Waals surface area contributed by atoms with Crippen LogP contribution in [0.25, 0.3) is 0 Å². The van der Waals surface area contributed by atoms with E-state index < -0.39 is 9.05 Å². The Bertz CT molecular complexity index is 499. The van der Waals surface area contributed by atoms with E-state index in [9.17, 15) is 8.42 Å². The van der Waals surface area contributed by atoms with Gasteiger partial charge < -0.3 is 4.74 Å². The molecular formula is C9H14Cl2N2O3S.